The highest BCUT2D eigenvalue weighted by atomic mass is 35.5. The number of carbonyl (C=O) groups excluding carboxylic acids is 1. The van der Waals surface area contributed by atoms with E-state index in [-0.39, 0.29) is 30.1 Å². The van der Waals surface area contributed by atoms with Crippen molar-refractivity contribution in [2.75, 3.05) is 25.0 Å². The van der Waals surface area contributed by atoms with Gasteiger partial charge < -0.3 is 19.8 Å². The molecule has 1 unspecified atom stereocenters. The summed E-state index contributed by atoms with van der Waals surface area (Å²) in [5.41, 5.74) is 2.86. The van der Waals surface area contributed by atoms with Crippen LogP contribution >= 0.6 is 12.4 Å². The molecule has 27 heavy (non-hydrogen) atoms. The van der Waals surface area contributed by atoms with E-state index in [2.05, 4.69) is 15.6 Å². The summed E-state index contributed by atoms with van der Waals surface area (Å²) in [5, 5.41) is 6.14. The van der Waals surface area contributed by atoms with Crippen molar-refractivity contribution in [2.24, 2.45) is 0 Å². The SMILES string of the molecule is Cl.O=C(Nc1ccc(C2CNCCO2)cc1)c1coc(-c2ccccc2)n1. The normalized spacial score (nSPS) is 16.4. The second-order valence-corrected chi connectivity index (χ2v) is 6.04. The second-order valence-electron chi connectivity index (χ2n) is 6.04. The Morgan fingerprint density at radius 3 is 2.59 bits per heavy atom. The average Bonchev–Trinajstić information content (AvgIpc) is 3.20. The molecule has 0 radical (unpaired) electrons. The molecule has 6 nitrogen and oxygen atoms in total. The molecule has 2 heterocycles. The van der Waals surface area contributed by atoms with Gasteiger partial charge in [-0.1, -0.05) is 30.3 Å². The lowest BCUT2D eigenvalue weighted by molar-refractivity contribution is 0.0277. The van der Waals surface area contributed by atoms with Crippen molar-refractivity contribution in [3.63, 3.8) is 0 Å². The highest BCUT2D eigenvalue weighted by Crippen LogP contribution is 2.22. The third-order valence-electron chi connectivity index (χ3n) is 4.23. The van der Waals surface area contributed by atoms with E-state index in [4.69, 9.17) is 9.15 Å². The first-order valence-corrected chi connectivity index (χ1v) is 8.54. The summed E-state index contributed by atoms with van der Waals surface area (Å²) in [5.74, 6) is 0.118. The molecule has 0 saturated carbocycles. The van der Waals surface area contributed by atoms with Crippen LogP contribution in [0, 0.1) is 0 Å². The maximum Gasteiger partial charge on any atom is 0.277 e. The molecule has 3 aromatic rings. The van der Waals surface area contributed by atoms with Gasteiger partial charge in [-0.25, -0.2) is 4.98 Å². The number of halogens is 1. The van der Waals surface area contributed by atoms with E-state index < -0.39 is 0 Å². The number of oxazole rings is 1. The van der Waals surface area contributed by atoms with Crippen molar-refractivity contribution in [3.05, 3.63) is 72.1 Å². The van der Waals surface area contributed by atoms with Gasteiger partial charge in [-0.2, -0.15) is 0 Å². The average molecular weight is 386 g/mol. The van der Waals surface area contributed by atoms with Crippen LogP contribution in [0.1, 0.15) is 22.2 Å². The van der Waals surface area contributed by atoms with Gasteiger partial charge in [0.25, 0.3) is 5.91 Å². The Hall–Kier alpha value is -2.67. The van der Waals surface area contributed by atoms with Crippen LogP contribution in [0.5, 0.6) is 0 Å². The summed E-state index contributed by atoms with van der Waals surface area (Å²) < 4.78 is 11.1. The number of anilines is 1. The van der Waals surface area contributed by atoms with Crippen LogP contribution in [0.3, 0.4) is 0 Å². The van der Waals surface area contributed by atoms with Crippen molar-refractivity contribution < 1.29 is 13.9 Å². The van der Waals surface area contributed by atoms with Gasteiger partial charge in [-0.3, -0.25) is 4.79 Å². The van der Waals surface area contributed by atoms with Crippen LogP contribution in [0.25, 0.3) is 11.5 Å². The summed E-state index contributed by atoms with van der Waals surface area (Å²) in [6.45, 7) is 2.39. The minimum absolute atomic E-state index is 0. The molecule has 0 aliphatic carbocycles. The van der Waals surface area contributed by atoms with Crippen molar-refractivity contribution >= 4 is 24.0 Å². The van der Waals surface area contributed by atoms with Crippen molar-refractivity contribution in [3.8, 4) is 11.5 Å². The topological polar surface area (TPSA) is 76.4 Å². The number of hydrogen-bond donors (Lipinski definition) is 2. The van der Waals surface area contributed by atoms with E-state index in [0.717, 1.165) is 24.2 Å². The first kappa shape index (κ1) is 19.1. The highest BCUT2D eigenvalue weighted by molar-refractivity contribution is 6.02. The van der Waals surface area contributed by atoms with E-state index >= 15 is 0 Å². The predicted molar refractivity (Wildman–Crippen MR) is 105 cm³/mol. The molecule has 1 fully saturated rings. The fraction of sp³-hybridized carbons (Fsp3) is 0.200. The number of carbonyl (C=O) groups is 1. The molecule has 2 N–H and O–H groups in total. The molecule has 4 rings (SSSR count). The maximum atomic E-state index is 12.4. The van der Waals surface area contributed by atoms with Gasteiger partial charge in [0.15, 0.2) is 5.69 Å². The largest absolute Gasteiger partial charge is 0.444 e. The standard InChI is InChI=1S/C20H19N3O3.ClH/c24-19(17-13-26-20(23-17)15-4-2-1-3-5-15)22-16-8-6-14(7-9-16)18-12-21-10-11-25-18;/h1-9,13,18,21H,10-12H2,(H,22,24);1H. The Balaban J connectivity index is 0.00000210. The Bertz CT molecular complexity index is 875. The van der Waals surface area contributed by atoms with Gasteiger partial charge in [0.05, 0.1) is 12.7 Å². The van der Waals surface area contributed by atoms with Crippen LogP contribution in [-0.2, 0) is 4.74 Å². The van der Waals surface area contributed by atoms with E-state index in [1.807, 2.05) is 54.6 Å². The number of benzene rings is 2. The molecule has 1 aliphatic heterocycles. The number of hydrogen-bond acceptors (Lipinski definition) is 5. The number of aromatic nitrogens is 1. The van der Waals surface area contributed by atoms with Gasteiger partial charge in [0, 0.05) is 24.3 Å². The number of nitrogens with one attached hydrogen (secondary N) is 2. The van der Waals surface area contributed by atoms with Crippen molar-refractivity contribution in [1.82, 2.24) is 10.3 Å². The first-order valence-electron chi connectivity index (χ1n) is 8.54. The van der Waals surface area contributed by atoms with E-state index in [1.165, 1.54) is 6.26 Å². The Kier molecular flexibility index (Phi) is 6.24. The zero-order valence-electron chi connectivity index (χ0n) is 14.6. The molecule has 1 aromatic heterocycles. The highest BCUT2D eigenvalue weighted by Gasteiger charge is 2.16. The summed E-state index contributed by atoms with van der Waals surface area (Å²) in [7, 11) is 0. The molecule has 1 saturated heterocycles. The first-order chi connectivity index (χ1) is 12.8. The molecule has 2 aromatic carbocycles. The molecule has 1 aliphatic rings. The van der Waals surface area contributed by atoms with Crippen molar-refractivity contribution in [1.29, 1.82) is 0 Å². The van der Waals surface area contributed by atoms with E-state index in [1.54, 1.807) is 0 Å². The predicted octanol–water partition coefficient (Wildman–Crippen LogP) is 3.68. The van der Waals surface area contributed by atoms with Gasteiger partial charge in [0.1, 0.15) is 6.26 Å². The number of morpholine rings is 1. The molecule has 0 spiro atoms. The van der Waals surface area contributed by atoms with Crippen LogP contribution in [0.4, 0.5) is 5.69 Å². The summed E-state index contributed by atoms with van der Waals surface area (Å²) >= 11 is 0. The number of rotatable bonds is 4. The van der Waals surface area contributed by atoms with Crippen molar-refractivity contribution in [2.45, 2.75) is 6.10 Å². The molecule has 0 bridgehead atoms. The Morgan fingerprint density at radius 1 is 1.11 bits per heavy atom. The number of ether oxygens (including phenoxy) is 1. The lowest BCUT2D eigenvalue weighted by Crippen LogP contribution is -2.33. The molecule has 140 valence electrons. The number of nitrogens with zero attached hydrogens (tertiary/aromatic N) is 1. The van der Waals surface area contributed by atoms with Gasteiger partial charge in [0.2, 0.25) is 5.89 Å². The second kappa shape index (κ2) is 8.81. The summed E-state index contributed by atoms with van der Waals surface area (Å²) in [6, 6.07) is 17.1. The Morgan fingerprint density at radius 2 is 1.89 bits per heavy atom. The minimum atomic E-state index is -0.306. The van der Waals surface area contributed by atoms with Gasteiger partial charge >= 0.3 is 0 Å². The smallest absolute Gasteiger partial charge is 0.277 e. The zero-order valence-corrected chi connectivity index (χ0v) is 15.4. The van der Waals surface area contributed by atoms with Gasteiger partial charge in [-0.15, -0.1) is 12.4 Å². The molecule has 1 atom stereocenters. The zero-order chi connectivity index (χ0) is 17.8. The third-order valence-corrected chi connectivity index (χ3v) is 4.23. The van der Waals surface area contributed by atoms with Crippen LogP contribution in [0.2, 0.25) is 0 Å². The Labute approximate surface area is 163 Å². The molecule has 1 amide bonds. The molecule has 7 heteroatoms. The van der Waals surface area contributed by atoms with Crippen LogP contribution in [0.15, 0.2) is 65.3 Å². The monoisotopic (exact) mass is 385 g/mol. The fourth-order valence-electron chi connectivity index (χ4n) is 2.85. The fourth-order valence-corrected chi connectivity index (χ4v) is 2.85. The molecular weight excluding hydrogens is 366 g/mol. The summed E-state index contributed by atoms with van der Waals surface area (Å²) in [4.78, 5) is 16.6. The van der Waals surface area contributed by atoms with Crippen LogP contribution < -0.4 is 10.6 Å². The third kappa shape index (κ3) is 4.54. The lowest BCUT2D eigenvalue weighted by atomic mass is 10.1. The van der Waals surface area contributed by atoms with Crippen LogP contribution in [-0.4, -0.2) is 30.6 Å². The minimum Gasteiger partial charge on any atom is -0.444 e. The van der Waals surface area contributed by atoms with E-state index in [0.29, 0.717) is 18.2 Å². The van der Waals surface area contributed by atoms with Gasteiger partial charge in [-0.05, 0) is 29.8 Å². The lowest BCUT2D eigenvalue weighted by Gasteiger charge is -2.24. The quantitative estimate of drug-likeness (QED) is 0.716. The maximum absolute atomic E-state index is 12.4. The molecular formula is C20H20ClN3O3. The van der Waals surface area contributed by atoms with E-state index in [9.17, 15) is 4.79 Å². The number of amides is 1. The summed E-state index contributed by atoms with van der Waals surface area (Å²) in [6.07, 6.45) is 1.42.